The Kier molecular flexibility index (Phi) is 5.41. The minimum absolute atomic E-state index is 0.0237. The Bertz CT molecular complexity index is 306. The fourth-order valence-electron chi connectivity index (χ4n) is 1.39. The molecule has 0 radical (unpaired) electrons. The summed E-state index contributed by atoms with van der Waals surface area (Å²) in [4.78, 5) is 35.1. The van der Waals surface area contributed by atoms with E-state index in [2.05, 4.69) is 10.6 Å². The summed E-state index contributed by atoms with van der Waals surface area (Å²) in [5.41, 5.74) is 0. The smallest absolute Gasteiger partial charge is 0.249 e. The molecule has 0 aromatic heterocycles. The van der Waals surface area contributed by atoms with Crippen molar-refractivity contribution < 1.29 is 19.1 Å². The summed E-state index contributed by atoms with van der Waals surface area (Å²) in [6.45, 7) is 1.22. The van der Waals surface area contributed by atoms with E-state index in [1.54, 1.807) is 0 Å². The molecule has 1 rings (SSSR count). The van der Waals surface area contributed by atoms with Crippen LogP contribution in [0.1, 0.15) is 6.42 Å². The highest BCUT2D eigenvalue weighted by atomic mass is 16.5. The molecule has 2 N–H and O–H groups in total. The summed E-state index contributed by atoms with van der Waals surface area (Å²) < 4.78 is 4.94. The van der Waals surface area contributed by atoms with Crippen molar-refractivity contribution in [1.29, 1.82) is 0 Å². The monoisotopic (exact) mass is 243 g/mol. The quantitative estimate of drug-likeness (QED) is 0.590. The van der Waals surface area contributed by atoms with Crippen molar-refractivity contribution in [3.63, 3.8) is 0 Å². The lowest BCUT2D eigenvalue weighted by Crippen LogP contribution is -2.47. The molecule has 0 saturated carbocycles. The van der Waals surface area contributed by atoms with Crippen LogP contribution < -0.4 is 10.6 Å². The van der Waals surface area contributed by atoms with Gasteiger partial charge in [0.25, 0.3) is 0 Å². The maximum absolute atomic E-state index is 11.4. The normalized spacial score (nSPS) is 15.6. The van der Waals surface area contributed by atoms with Crippen LogP contribution in [0.15, 0.2) is 0 Å². The van der Waals surface area contributed by atoms with Gasteiger partial charge in [0.1, 0.15) is 6.61 Å². The van der Waals surface area contributed by atoms with Gasteiger partial charge in [-0.05, 0) is 0 Å². The van der Waals surface area contributed by atoms with Gasteiger partial charge in [-0.2, -0.15) is 0 Å². The number of morpholine rings is 1. The Balaban J connectivity index is 2.20. The molecule has 3 amide bonds. The van der Waals surface area contributed by atoms with Crippen LogP contribution in [0.5, 0.6) is 0 Å². The lowest BCUT2D eigenvalue weighted by molar-refractivity contribution is -0.145. The van der Waals surface area contributed by atoms with Gasteiger partial charge < -0.3 is 20.3 Å². The molecule has 17 heavy (non-hydrogen) atoms. The first kappa shape index (κ1) is 13.4. The van der Waals surface area contributed by atoms with Crippen LogP contribution in [0.3, 0.4) is 0 Å². The Morgan fingerprint density at radius 3 is 2.82 bits per heavy atom. The molecule has 7 nitrogen and oxygen atoms in total. The molecule has 1 aliphatic rings. The number of carbonyl (C=O) groups excluding carboxylic acids is 3. The van der Waals surface area contributed by atoms with Crippen molar-refractivity contribution in [1.82, 2.24) is 15.5 Å². The highest BCUT2D eigenvalue weighted by molar-refractivity contribution is 5.86. The van der Waals surface area contributed by atoms with E-state index in [-0.39, 0.29) is 43.8 Å². The van der Waals surface area contributed by atoms with E-state index in [0.29, 0.717) is 13.2 Å². The van der Waals surface area contributed by atoms with E-state index in [1.165, 1.54) is 11.9 Å². The first-order chi connectivity index (χ1) is 8.13. The third kappa shape index (κ3) is 4.81. The predicted octanol–water partition coefficient (Wildman–Crippen LogP) is -1.90. The zero-order valence-electron chi connectivity index (χ0n) is 9.82. The Morgan fingerprint density at radius 2 is 2.18 bits per heavy atom. The zero-order chi connectivity index (χ0) is 12.7. The first-order valence-corrected chi connectivity index (χ1v) is 5.46. The maximum Gasteiger partial charge on any atom is 0.249 e. The molecule has 0 aromatic rings. The van der Waals surface area contributed by atoms with Crippen LogP contribution in [0.4, 0.5) is 0 Å². The molecule has 0 aromatic carbocycles. The number of nitrogens with zero attached hydrogens (tertiary/aromatic N) is 1. The van der Waals surface area contributed by atoms with Gasteiger partial charge in [0, 0.05) is 26.6 Å². The summed E-state index contributed by atoms with van der Waals surface area (Å²) in [7, 11) is 1.54. The molecule has 7 heteroatoms. The largest absolute Gasteiger partial charge is 0.370 e. The van der Waals surface area contributed by atoms with Gasteiger partial charge in [0.05, 0.1) is 13.2 Å². The van der Waals surface area contributed by atoms with Crippen molar-refractivity contribution in [2.75, 3.05) is 39.9 Å². The topological polar surface area (TPSA) is 87.7 Å². The molecular weight excluding hydrogens is 226 g/mol. The van der Waals surface area contributed by atoms with E-state index in [9.17, 15) is 14.4 Å². The van der Waals surface area contributed by atoms with Crippen LogP contribution in [0, 0.1) is 0 Å². The average Bonchev–Trinajstić information content (AvgIpc) is 2.32. The number of hydrogen-bond donors (Lipinski definition) is 2. The minimum atomic E-state index is -0.260. The van der Waals surface area contributed by atoms with Crippen molar-refractivity contribution in [2.24, 2.45) is 0 Å². The second-order valence-corrected chi connectivity index (χ2v) is 3.64. The first-order valence-electron chi connectivity index (χ1n) is 5.46. The SMILES string of the molecule is CNC(=O)CCNC(=O)CN1CCOCC1=O. The minimum Gasteiger partial charge on any atom is -0.370 e. The van der Waals surface area contributed by atoms with E-state index in [0.717, 1.165) is 0 Å². The van der Waals surface area contributed by atoms with Crippen molar-refractivity contribution in [2.45, 2.75) is 6.42 Å². The summed E-state index contributed by atoms with van der Waals surface area (Å²) in [5.74, 6) is -0.574. The number of ether oxygens (including phenoxy) is 1. The summed E-state index contributed by atoms with van der Waals surface area (Å²) in [5, 5.41) is 5.04. The van der Waals surface area contributed by atoms with Gasteiger partial charge in [-0.3, -0.25) is 14.4 Å². The molecule has 0 bridgehead atoms. The Morgan fingerprint density at radius 1 is 1.41 bits per heavy atom. The second-order valence-electron chi connectivity index (χ2n) is 3.64. The van der Waals surface area contributed by atoms with Gasteiger partial charge in [0.15, 0.2) is 0 Å². The Labute approximate surface area is 99.5 Å². The van der Waals surface area contributed by atoms with Crippen LogP contribution >= 0.6 is 0 Å². The fraction of sp³-hybridized carbons (Fsp3) is 0.700. The van der Waals surface area contributed by atoms with Crippen LogP contribution in [0.25, 0.3) is 0 Å². The zero-order valence-corrected chi connectivity index (χ0v) is 9.82. The summed E-state index contributed by atoms with van der Waals surface area (Å²) in [6, 6.07) is 0. The average molecular weight is 243 g/mol. The van der Waals surface area contributed by atoms with E-state index < -0.39 is 0 Å². The highest BCUT2D eigenvalue weighted by Crippen LogP contribution is 1.97. The van der Waals surface area contributed by atoms with Crippen LogP contribution in [-0.2, 0) is 19.1 Å². The molecule has 1 saturated heterocycles. The predicted molar refractivity (Wildman–Crippen MR) is 59.1 cm³/mol. The number of carbonyl (C=O) groups is 3. The lowest BCUT2D eigenvalue weighted by Gasteiger charge is -2.25. The van der Waals surface area contributed by atoms with Crippen molar-refractivity contribution >= 4 is 17.7 Å². The molecule has 0 atom stereocenters. The van der Waals surface area contributed by atoms with Crippen LogP contribution in [0.2, 0.25) is 0 Å². The van der Waals surface area contributed by atoms with Gasteiger partial charge in [0.2, 0.25) is 17.7 Å². The maximum atomic E-state index is 11.4. The van der Waals surface area contributed by atoms with Gasteiger partial charge in [-0.25, -0.2) is 0 Å². The van der Waals surface area contributed by atoms with E-state index in [4.69, 9.17) is 4.74 Å². The lowest BCUT2D eigenvalue weighted by atomic mass is 10.3. The number of hydrogen-bond acceptors (Lipinski definition) is 4. The molecule has 1 heterocycles. The Hall–Kier alpha value is -1.63. The third-order valence-corrected chi connectivity index (χ3v) is 2.37. The molecule has 0 aliphatic carbocycles. The molecule has 1 aliphatic heterocycles. The number of rotatable bonds is 5. The molecule has 0 unspecified atom stereocenters. The van der Waals surface area contributed by atoms with Crippen LogP contribution in [-0.4, -0.2) is 62.5 Å². The summed E-state index contributed by atoms with van der Waals surface area (Å²) >= 11 is 0. The van der Waals surface area contributed by atoms with E-state index in [1.807, 2.05) is 0 Å². The highest BCUT2D eigenvalue weighted by Gasteiger charge is 2.20. The van der Waals surface area contributed by atoms with Gasteiger partial charge in [-0.1, -0.05) is 0 Å². The fourth-order valence-corrected chi connectivity index (χ4v) is 1.39. The van der Waals surface area contributed by atoms with Gasteiger partial charge >= 0.3 is 0 Å². The van der Waals surface area contributed by atoms with Crippen molar-refractivity contribution in [3.8, 4) is 0 Å². The second kappa shape index (κ2) is 6.85. The summed E-state index contributed by atoms with van der Waals surface area (Å²) in [6.07, 6.45) is 0.235. The standard InChI is InChI=1S/C10H17N3O4/c1-11-8(14)2-3-12-9(15)6-13-4-5-17-7-10(13)16/h2-7H2,1H3,(H,11,14)(H,12,15). The number of nitrogens with one attached hydrogen (secondary N) is 2. The molecule has 0 spiro atoms. The van der Waals surface area contributed by atoms with Crippen molar-refractivity contribution in [3.05, 3.63) is 0 Å². The molecule has 96 valence electrons. The van der Waals surface area contributed by atoms with E-state index >= 15 is 0 Å². The van der Waals surface area contributed by atoms with Gasteiger partial charge in [-0.15, -0.1) is 0 Å². The molecule has 1 fully saturated rings. The third-order valence-electron chi connectivity index (χ3n) is 2.37. The molecular formula is C10H17N3O4. The number of amides is 3.